The molecule has 0 saturated carbocycles. The molecule has 0 aliphatic carbocycles. The standard InChI is InChI=1S/C18H24N2O2/c1-11-5-6-16-15(10-22-18(16)12(11)2)9-17(21)20-8-7-19-13(3)14(20)4/h5-6,10,13-14,19H,7-9H2,1-4H3. The number of piperazine rings is 1. The summed E-state index contributed by atoms with van der Waals surface area (Å²) in [6, 6.07) is 4.72. The number of hydrogen-bond acceptors (Lipinski definition) is 3. The van der Waals surface area contributed by atoms with Crippen LogP contribution in [0.3, 0.4) is 0 Å². The van der Waals surface area contributed by atoms with Crippen LogP contribution in [0.5, 0.6) is 0 Å². The second-order valence-corrected chi connectivity index (χ2v) is 6.39. The van der Waals surface area contributed by atoms with E-state index in [9.17, 15) is 4.79 Å². The van der Waals surface area contributed by atoms with Crippen molar-refractivity contribution in [3.63, 3.8) is 0 Å². The van der Waals surface area contributed by atoms with Gasteiger partial charge in [-0.15, -0.1) is 0 Å². The molecule has 1 aliphatic heterocycles. The highest BCUT2D eigenvalue weighted by Gasteiger charge is 2.28. The highest BCUT2D eigenvalue weighted by atomic mass is 16.3. The van der Waals surface area contributed by atoms with Crippen molar-refractivity contribution in [3.8, 4) is 0 Å². The van der Waals surface area contributed by atoms with Crippen LogP contribution >= 0.6 is 0 Å². The predicted molar refractivity (Wildman–Crippen MR) is 88.0 cm³/mol. The lowest BCUT2D eigenvalue weighted by atomic mass is 10.0. The topological polar surface area (TPSA) is 45.5 Å². The number of hydrogen-bond donors (Lipinski definition) is 1. The fourth-order valence-corrected chi connectivity index (χ4v) is 3.20. The van der Waals surface area contributed by atoms with Crippen molar-refractivity contribution in [2.24, 2.45) is 0 Å². The van der Waals surface area contributed by atoms with Crippen LogP contribution in [0.25, 0.3) is 11.0 Å². The molecule has 118 valence electrons. The van der Waals surface area contributed by atoms with Gasteiger partial charge in [-0.3, -0.25) is 4.79 Å². The normalized spacial score (nSPS) is 22.3. The van der Waals surface area contributed by atoms with E-state index in [1.54, 1.807) is 6.26 Å². The molecule has 3 rings (SSSR count). The van der Waals surface area contributed by atoms with Gasteiger partial charge in [0.25, 0.3) is 0 Å². The van der Waals surface area contributed by atoms with Crippen molar-refractivity contribution in [2.45, 2.75) is 46.2 Å². The van der Waals surface area contributed by atoms with E-state index in [1.807, 2.05) is 4.90 Å². The molecule has 0 radical (unpaired) electrons. The first kappa shape index (κ1) is 15.1. The van der Waals surface area contributed by atoms with Gasteiger partial charge in [0.15, 0.2) is 0 Å². The quantitative estimate of drug-likeness (QED) is 0.927. The van der Waals surface area contributed by atoms with Crippen LogP contribution in [0.1, 0.15) is 30.5 Å². The van der Waals surface area contributed by atoms with Crippen molar-refractivity contribution in [1.29, 1.82) is 0 Å². The summed E-state index contributed by atoms with van der Waals surface area (Å²) in [6.07, 6.45) is 2.15. The number of benzene rings is 1. The predicted octanol–water partition coefficient (Wildman–Crippen LogP) is 2.80. The zero-order valence-corrected chi connectivity index (χ0v) is 13.8. The Kier molecular flexibility index (Phi) is 3.96. The SMILES string of the molecule is Cc1ccc2c(CC(=O)N3CCNC(C)C3C)coc2c1C. The third kappa shape index (κ3) is 2.52. The highest BCUT2D eigenvalue weighted by Crippen LogP contribution is 2.27. The van der Waals surface area contributed by atoms with Crippen molar-refractivity contribution in [2.75, 3.05) is 13.1 Å². The number of rotatable bonds is 2. The summed E-state index contributed by atoms with van der Waals surface area (Å²) in [5.41, 5.74) is 4.26. The van der Waals surface area contributed by atoms with E-state index in [-0.39, 0.29) is 11.9 Å². The number of furan rings is 1. The van der Waals surface area contributed by atoms with Crippen molar-refractivity contribution in [1.82, 2.24) is 10.2 Å². The molecule has 1 aliphatic rings. The van der Waals surface area contributed by atoms with E-state index in [1.165, 1.54) is 5.56 Å². The Hall–Kier alpha value is -1.81. The smallest absolute Gasteiger partial charge is 0.227 e. The second-order valence-electron chi connectivity index (χ2n) is 6.39. The van der Waals surface area contributed by atoms with Crippen molar-refractivity contribution in [3.05, 3.63) is 35.1 Å². The average Bonchev–Trinajstić information content (AvgIpc) is 2.89. The highest BCUT2D eigenvalue weighted by molar-refractivity contribution is 5.89. The van der Waals surface area contributed by atoms with Gasteiger partial charge in [-0.25, -0.2) is 0 Å². The van der Waals surface area contributed by atoms with Crippen LogP contribution in [0.4, 0.5) is 0 Å². The Morgan fingerprint density at radius 2 is 2.14 bits per heavy atom. The van der Waals surface area contributed by atoms with Gasteiger partial charge in [0.2, 0.25) is 5.91 Å². The minimum Gasteiger partial charge on any atom is -0.464 e. The molecule has 1 fully saturated rings. The zero-order chi connectivity index (χ0) is 15.9. The Morgan fingerprint density at radius 1 is 1.36 bits per heavy atom. The van der Waals surface area contributed by atoms with Crippen molar-refractivity contribution < 1.29 is 9.21 Å². The first-order valence-electron chi connectivity index (χ1n) is 7.98. The first-order chi connectivity index (χ1) is 10.5. The van der Waals surface area contributed by atoms with E-state index < -0.39 is 0 Å². The van der Waals surface area contributed by atoms with Gasteiger partial charge >= 0.3 is 0 Å². The minimum atomic E-state index is 0.182. The molecule has 2 unspecified atom stereocenters. The average molecular weight is 300 g/mol. The fourth-order valence-electron chi connectivity index (χ4n) is 3.20. The molecular formula is C18H24N2O2. The Balaban J connectivity index is 1.84. The molecule has 22 heavy (non-hydrogen) atoms. The summed E-state index contributed by atoms with van der Waals surface area (Å²) in [5.74, 6) is 0.182. The molecular weight excluding hydrogens is 276 g/mol. The summed E-state index contributed by atoms with van der Waals surface area (Å²) in [5, 5.41) is 4.47. The van der Waals surface area contributed by atoms with E-state index in [0.717, 1.165) is 35.2 Å². The number of nitrogens with zero attached hydrogens (tertiary/aromatic N) is 1. The fraction of sp³-hybridized carbons (Fsp3) is 0.500. The molecule has 2 aromatic rings. The van der Waals surface area contributed by atoms with Crippen LogP contribution < -0.4 is 5.32 Å². The van der Waals surface area contributed by atoms with Gasteiger partial charge in [0.1, 0.15) is 5.58 Å². The van der Waals surface area contributed by atoms with E-state index in [4.69, 9.17) is 4.42 Å². The monoisotopic (exact) mass is 300 g/mol. The van der Waals surface area contributed by atoms with Gasteiger partial charge in [-0.2, -0.15) is 0 Å². The number of fused-ring (bicyclic) bond motifs is 1. The van der Waals surface area contributed by atoms with Crippen LogP contribution in [0.15, 0.2) is 22.8 Å². The maximum Gasteiger partial charge on any atom is 0.227 e. The number of aryl methyl sites for hydroxylation is 2. The molecule has 4 heteroatoms. The number of amides is 1. The third-order valence-corrected chi connectivity index (χ3v) is 5.04. The third-order valence-electron chi connectivity index (χ3n) is 5.04. The first-order valence-corrected chi connectivity index (χ1v) is 7.98. The Bertz CT molecular complexity index is 704. The summed E-state index contributed by atoms with van der Waals surface area (Å²) < 4.78 is 5.71. The summed E-state index contributed by atoms with van der Waals surface area (Å²) in [4.78, 5) is 14.7. The van der Waals surface area contributed by atoms with E-state index >= 15 is 0 Å². The molecule has 1 N–H and O–H groups in total. The lowest BCUT2D eigenvalue weighted by Gasteiger charge is -2.38. The number of nitrogens with one attached hydrogen (secondary N) is 1. The Morgan fingerprint density at radius 3 is 2.91 bits per heavy atom. The molecule has 4 nitrogen and oxygen atoms in total. The lowest BCUT2D eigenvalue weighted by Crippen LogP contribution is -2.57. The van der Waals surface area contributed by atoms with E-state index in [0.29, 0.717) is 12.5 Å². The Labute approximate surface area is 131 Å². The van der Waals surface area contributed by atoms with Crippen molar-refractivity contribution >= 4 is 16.9 Å². The van der Waals surface area contributed by atoms with E-state index in [2.05, 4.69) is 45.1 Å². The molecule has 0 bridgehead atoms. The molecule has 1 aromatic carbocycles. The summed E-state index contributed by atoms with van der Waals surface area (Å²) >= 11 is 0. The molecule has 0 spiro atoms. The molecule has 1 aromatic heterocycles. The second kappa shape index (κ2) is 5.76. The number of carbonyl (C=O) groups excluding carboxylic acids is 1. The van der Waals surface area contributed by atoms with Gasteiger partial charge in [-0.1, -0.05) is 12.1 Å². The molecule has 2 atom stereocenters. The van der Waals surface area contributed by atoms with Crippen LogP contribution in [0, 0.1) is 13.8 Å². The maximum atomic E-state index is 12.7. The van der Waals surface area contributed by atoms with Gasteiger partial charge in [-0.05, 0) is 38.8 Å². The number of carbonyl (C=O) groups is 1. The van der Waals surface area contributed by atoms with Gasteiger partial charge < -0.3 is 14.6 Å². The van der Waals surface area contributed by atoms with Gasteiger partial charge in [0.05, 0.1) is 12.7 Å². The molecule has 1 saturated heterocycles. The van der Waals surface area contributed by atoms with Crippen LogP contribution in [-0.4, -0.2) is 36.0 Å². The largest absolute Gasteiger partial charge is 0.464 e. The molecule has 2 heterocycles. The zero-order valence-electron chi connectivity index (χ0n) is 13.8. The molecule has 1 amide bonds. The summed E-state index contributed by atoms with van der Waals surface area (Å²) in [7, 11) is 0. The summed E-state index contributed by atoms with van der Waals surface area (Å²) in [6.45, 7) is 10.0. The van der Waals surface area contributed by atoms with Gasteiger partial charge in [0, 0.05) is 36.1 Å². The lowest BCUT2D eigenvalue weighted by molar-refractivity contribution is -0.134. The maximum absolute atomic E-state index is 12.7. The van der Waals surface area contributed by atoms with Crippen LogP contribution in [0.2, 0.25) is 0 Å². The minimum absolute atomic E-state index is 0.182. The van der Waals surface area contributed by atoms with Crippen LogP contribution in [-0.2, 0) is 11.2 Å².